The van der Waals surface area contributed by atoms with Crippen LogP contribution in [0.3, 0.4) is 0 Å². The van der Waals surface area contributed by atoms with Crippen molar-refractivity contribution in [2.45, 2.75) is 25.3 Å². The molecule has 1 heterocycles. The van der Waals surface area contributed by atoms with Crippen LogP contribution >= 0.6 is 15.9 Å². The summed E-state index contributed by atoms with van der Waals surface area (Å²) in [5.41, 5.74) is 1.95. The Morgan fingerprint density at radius 2 is 1.86 bits per heavy atom. The monoisotopic (exact) mass is 347 g/mol. The van der Waals surface area contributed by atoms with Crippen molar-refractivity contribution in [2.75, 3.05) is 7.05 Å². The molecule has 2 aromatic carbocycles. The smallest absolute Gasteiger partial charge is 0.141 e. The fraction of sp³-hybridized carbons (Fsp3) is 0.294. The molecule has 110 valence electrons. The van der Waals surface area contributed by atoms with Crippen LogP contribution in [0.1, 0.15) is 30.4 Å². The molecule has 0 spiro atoms. The zero-order chi connectivity index (χ0) is 15.0. The molecule has 1 saturated heterocycles. The SMILES string of the molecule is CC1C(c2ccccc2)OC(c2cc(Br)ccc2O)N1C. The minimum Gasteiger partial charge on any atom is -0.508 e. The molecule has 0 aromatic heterocycles. The lowest BCUT2D eigenvalue weighted by Gasteiger charge is -2.22. The first-order chi connectivity index (χ1) is 10.1. The van der Waals surface area contributed by atoms with E-state index in [0.29, 0.717) is 0 Å². The van der Waals surface area contributed by atoms with Gasteiger partial charge >= 0.3 is 0 Å². The topological polar surface area (TPSA) is 32.7 Å². The number of aromatic hydroxyl groups is 1. The van der Waals surface area contributed by atoms with Gasteiger partial charge in [-0.2, -0.15) is 0 Å². The van der Waals surface area contributed by atoms with Crippen LogP contribution in [0.25, 0.3) is 0 Å². The van der Waals surface area contributed by atoms with Crippen LogP contribution in [0, 0.1) is 0 Å². The van der Waals surface area contributed by atoms with Crippen LogP contribution in [0.4, 0.5) is 0 Å². The fourth-order valence-corrected chi connectivity index (χ4v) is 3.17. The van der Waals surface area contributed by atoms with E-state index in [1.807, 2.05) is 37.4 Å². The highest BCUT2D eigenvalue weighted by Gasteiger charge is 2.39. The number of ether oxygens (including phenoxy) is 1. The van der Waals surface area contributed by atoms with Gasteiger partial charge in [-0.25, -0.2) is 0 Å². The van der Waals surface area contributed by atoms with Crippen molar-refractivity contribution in [1.29, 1.82) is 0 Å². The maximum atomic E-state index is 10.1. The lowest BCUT2D eigenvalue weighted by molar-refractivity contribution is 0.00414. The van der Waals surface area contributed by atoms with Crippen LogP contribution in [0.5, 0.6) is 5.75 Å². The quantitative estimate of drug-likeness (QED) is 0.881. The van der Waals surface area contributed by atoms with Crippen molar-refractivity contribution in [3.63, 3.8) is 0 Å². The van der Waals surface area contributed by atoms with Gasteiger partial charge in [-0.05, 0) is 37.7 Å². The normalized spacial score (nSPS) is 26.1. The van der Waals surface area contributed by atoms with E-state index in [1.54, 1.807) is 6.07 Å². The predicted molar refractivity (Wildman–Crippen MR) is 86.0 cm³/mol. The minimum absolute atomic E-state index is 0.000387. The van der Waals surface area contributed by atoms with E-state index >= 15 is 0 Å². The number of rotatable bonds is 2. The van der Waals surface area contributed by atoms with Crippen LogP contribution < -0.4 is 0 Å². The first-order valence-corrected chi connectivity index (χ1v) is 7.78. The Labute approximate surface area is 133 Å². The van der Waals surface area contributed by atoms with Gasteiger partial charge in [0.1, 0.15) is 18.1 Å². The molecule has 3 unspecified atom stereocenters. The lowest BCUT2D eigenvalue weighted by Crippen LogP contribution is -2.27. The number of likely N-dealkylation sites (N-methyl/N-ethyl adjacent to an activating group) is 1. The second-order valence-electron chi connectivity index (χ2n) is 5.43. The summed E-state index contributed by atoms with van der Waals surface area (Å²) in [6.07, 6.45) is -0.248. The highest BCUT2D eigenvalue weighted by Crippen LogP contribution is 2.43. The van der Waals surface area contributed by atoms with Gasteiger partial charge in [-0.3, -0.25) is 4.90 Å². The number of halogens is 1. The third-order valence-corrected chi connectivity index (χ3v) is 4.60. The molecule has 1 N–H and O–H groups in total. The molecule has 2 aromatic rings. The van der Waals surface area contributed by atoms with E-state index in [4.69, 9.17) is 4.74 Å². The number of benzene rings is 2. The van der Waals surface area contributed by atoms with Crippen molar-refractivity contribution in [1.82, 2.24) is 4.90 Å². The Morgan fingerprint density at radius 3 is 2.57 bits per heavy atom. The molecule has 1 fully saturated rings. The predicted octanol–water partition coefficient (Wildman–Crippen LogP) is 4.25. The van der Waals surface area contributed by atoms with Gasteiger partial charge < -0.3 is 9.84 Å². The molecule has 0 radical (unpaired) electrons. The molecule has 3 rings (SSSR count). The van der Waals surface area contributed by atoms with Gasteiger partial charge in [0.2, 0.25) is 0 Å². The van der Waals surface area contributed by atoms with Crippen molar-refractivity contribution < 1.29 is 9.84 Å². The highest BCUT2D eigenvalue weighted by molar-refractivity contribution is 9.10. The van der Waals surface area contributed by atoms with Crippen molar-refractivity contribution in [3.8, 4) is 5.75 Å². The van der Waals surface area contributed by atoms with E-state index in [0.717, 1.165) is 15.6 Å². The van der Waals surface area contributed by atoms with Crippen LogP contribution in [-0.2, 0) is 4.74 Å². The Kier molecular flexibility index (Phi) is 4.02. The second-order valence-corrected chi connectivity index (χ2v) is 6.34. The van der Waals surface area contributed by atoms with Crippen LogP contribution in [0.15, 0.2) is 53.0 Å². The number of phenols is 1. The maximum Gasteiger partial charge on any atom is 0.141 e. The van der Waals surface area contributed by atoms with Crippen LogP contribution in [0.2, 0.25) is 0 Å². The standard InChI is InChI=1S/C17H18BrNO2/c1-11-16(12-6-4-3-5-7-12)21-17(19(11)2)14-10-13(18)8-9-15(14)20/h3-11,16-17,20H,1-2H3. The molecule has 21 heavy (non-hydrogen) atoms. The zero-order valence-corrected chi connectivity index (χ0v) is 13.6. The van der Waals surface area contributed by atoms with E-state index < -0.39 is 0 Å². The first-order valence-electron chi connectivity index (χ1n) is 6.98. The van der Waals surface area contributed by atoms with E-state index in [9.17, 15) is 5.11 Å². The summed E-state index contributed by atoms with van der Waals surface area (Å²) in [6, 6.07) is 15.9. The molecule has 0 amide bonds. The Hall–Kier alpha value is -1.36. The van der Waals surface area contributed by atoms with E-state index in [1.165, 1.54) is 0 Å². The summed E-state index contributed by atoms with van der Waals surface area (Å²) in [5, 5.41) is 10.1. The number of hydrogen-bond donors (Lipinski definition) is 1. The summed E-state index contributed by atoms with van der Waals surface area (Å²) < 4.78 is 7.17. The van der Waals surface area contributed by atoms with Gasteiger partial charge in [0.25, 0.3) is 0 Å². The number of nitrogens with zero attached hydrogens (tertiary/aromatic N) is 1. The summed E-state index contributed by atoms with van der Waals surface area (Å²) in [7, 11) is 2.03. The average molecular weight is 348 g/mol. The number of phenolic OH excluding ortho intramolecular Hbond substituents is 1. The Bertz CT molecular complexity index is 632. The lowest BCUT2D eigenvalue weighted by atomic mass is 10.0. The van der Waals surface area contributed by atoms with Gasteiger partial charge in [-0.15, -0.1) is 0 Å². The van der Waals surface area contributed by atoms with Crippen molar-refractivity contribution >= 4 is 15.9 Å². The number of hydrogen-bond acceptors (Lipinski definition) is 3. The minimum atomic E-state index is -0.247. The molecule has 0 aliphatic carbocycles. The largest absolute Gasteiger partial charge is 0.508 e. The second kappa shape index (κ2) is 5.79. The third kappa shape index (κ3) is 2.71. The van der Waals surface area contributed by atoms with Crippen LogP contribution in [-0.4, -0.2) is 23.1 Å². The van der Waals surface area contributed by atoms with E-state index in [-0.39, 0.29) is 24.1 Å². The van der Waals surface area contributed by atoms with Gasteiger partial charge in [0.05, 0.1) is 0 Å². The molecule has 4 heteroatoms. The maximum absolute atomic E-state index is 10.1. The molecule has 1 aliphatic heterocycles. The highest BCUT2D eigenvalue weighted by atomic mass is 79.9. The summed E-state index contributed by atoms with van der Waals surface area (Å²) >= 11 is 3.45. The summed E-state index contributed by atoms with van der Waals surface area (Å²) in [4.78, 5) is 2.15. The van der Waals surface area contributed by atoms with E-state index in [2.05, 4.69) is 39.9 Å². The molecule has 3 nitrogen and oxygen atoms in total. The summed E-state index contributed by atoms with van der Waals surface area (Å²) in [5.74, 6) is 0.260. The van der Waals surface area contributed by atoms with Gasteiger partial charge in [0, 0.05) is 16.1 Å². The molecule has 0 saturated carbocycles. The van der Waals surface area contributed by atoms with Gasteiger partial charge in [-0.1, -0.05) is 46.3 Å². The summed E-state index contributed by atoms with van der Waals surface area (Å²) in [6.45, 7) is 2.15. The molecular formula is C17H18BrNO2. The first kappa shape index (κ1) is 14.6. The zero-order valence-electron chi connectivity index (χ0n) is 12.0. The van der Waals surface area contributed by atoms with Crippen molar-refractivity contribution in [3.05, 3.63) is 64.1 Å². The molecule has 1 aliphatic rings. The fourth-order valence-electron chi connectivity index (χ4n) is 2.79. The Balaban J connectivity index is 1.94. The van der Waals surface area contributed by atoms with Gasteiger partial charge in [0.15, 0.2) is 0 Å². The van der Waals surface area contributed by atoms with Crippen molar-refractivity contribution in [2.24, 2.45) is 0 Å². The molecule has 0 bridgehead atoms. The Morgan fingerprint density at radius 1 is 1.14 bits per heavy atom. The average Bonchev–Trinajstić information content (AvgIpc) is 2.79. The molecular weight excluding hydrogens is 330 g/mol. The molecule has 3 atom stereocenters. The third-order valence-electron chi connectivity index (χ3n) is 4.11.